The van der Waals surface area contributed by atoms with E-state index >= 15 is 0 Å². The molecule has 0 saturated heterocycles. The van der Waals surface area contributed by atoms with Crippen molar-refractivity contribution in [3.8, 4) is 0 Å². The number of rotatable bonds is 4. The Labute approximate surface area is 99.0 Å². The van der Waals surface area contributed by atoms with Crippen molar-refractivity contribution in [3.05, 3.63) is 28.8 Å². The number of hydrogen-bond donors (Lipinski definition) is 2. The van der Waals surface area contributed by atoms with Crippen molar-refractivity contribution in [3.63, 3.8) is 0 Å². The smallest absolute Gasteiger partial charge is 0.338 e. The Morgan fingerprint density at radius 2 is 2.25 bits per heavy atom. The highest BCUT2D eigenvalue weighted by Crippen LogP contribution is 2.17. The fourth-order valence-electron chi connectivity index (χ4n) is 1.14. The van der Waals surface area contributed by atoms with Crippen LogP contribution in [-0.2, 0) is 4.74 Å². The van der Waals surface area contributed by atoms with Crippen LogP contribution in [0, 0.1) is 0 Å². The third kappa shape index (κ3) is 4.08. The number of carbonyl (C=O) groups is 1. The molecule has 0 amide bonds. The number of nitrogen functional groups attached to an aromatic ring is 1. The maximum absolute atomic E-state index is 11.5. The second-order valence-corrected chi connectivity index (χ2v) is 3.98. The first kappa shape index (κ1) is 12.8. The second kappa shape index (κ2) is 5.72. The van der Waals surface area contributed by atoms with Crippen molar-refractivity contribution in [2.45, 2.75) is 19.4 Å². The SMILES string of the molecule is CC(O)CCOC(=O)c1cc(N)cc(Cl)c1. The van der Waals surface area contributed by atoms with Gasteiger partial charge in [-0.3, -0.25) is 0 Å². The van der Waals surface area contributed by atoms with Crippen LogP contribution in [-0.4, -0.2) is 23.8 Å². The maximum Gasteiger partial charge on any atom is 0.338 e. The summed E-state index contributed by atoms with van der Waals surface area (Å²) < 4.78 is 4.94. The van der Waals surface area contributed by atoms with Gasteiger partial charge in [0.2, 0.25) is 0 Å². The van der Waals surface area contributed by atoms with Gasteiger partial charge in [-0.15, -0.1) is 0 Å². The number of esters is 1. The van der Waals surface area contributed by atoms with Crippen LogP contribution in [0.1, 0.15) is 23.7 Å². The molecule has 88 valence electrons. The Balaban J connectivity index is 2.59. The van der Waals surface area contributed by atoms with Crippen molar-refractivity contribution in [1.29, 1.82) is 0 Å². The molecule has 1 rings (SSSR count). The third-order valence-electron chi connectivity index (χ3n) is 1.92. The maximum atomic E-state index is 11.5. The van der Waals surface area contributed by atoms with Crippen molar-refractivity contribution in [2.75, 3.05) is 12.3 Å². The second-order valence-electron chi connectivity index (χ2n) is 3.55. The predicted molar refractivity (Wildman–Crippen MR) is 62.4 cm³/mol. The van der Waals surface area contributed by atoms with Crippen LogP contribution >= 0.6 is 11.6 Å². The van der Waals surface area contributed by atoms with Gasteiger partial charge in [0.05, 0.1) is 18.3 Å². The average Bonchev–Trinajstić information content (AvgIpc) is 2.15. The van der Waals surface area contributed by atoms with Crippen molar-refractivity contribution < 1.29 is 14.6 Å². The van der Waals surface area contributed by atoms with Gasteiger partial charge in [0.1, 0.15) is 0 Å². The lowest BCUT2D eigenvalue weighted by Crippen LogP contribution is -2.11. The summed E-state index contributed by atoms with van der Waals surface area (Å²) in [4.78, 5) is 11.5. The molecule has 1 atom stereocenters. The quantitative estimate of drug-likeness (QED) is 0.625. The largest absolute Gasteiger partial charge is 0.462 e. The highest BCUT2D eigenvalue weighted by atomic mass is 35.5. The minimum absolute atomic E-state index is 0.170. The summed E-state index contributed by atoms with van der Waals surface area (Å²) in [7, 11) is 0. The van der Waals surface area contributed by atoms with E-state index in [4.69, 9.17) is 27.2 Å². The van der Waals surface area contributed by atoms with Crippen LogP contribution in [0.4, 0.5) is 5.69 Å². The van der Waals surface area contributed by atoms with Gasteiger partial charge < -0.3 is 15.6 Å². The fourth-order valence-corrected chi connectivity index (χ4v) is 1.38. The topological polar surface area (TPSA) is 72.5 Å². The van der Waals surface area contributed by atoms with Gasteiger partial charge in [-0.05, 0) is 25.1 Å². The molecule has 3 N–H and O–H groups in total. The molecule has 4 nitrogen and oxygen atoms in total. The Bertz CT molecular complexity index is 359. The minimum atomic E-state index is -0.491. The lowest BCUT2D eigenvalue weighted by molar-refractivity contribution is 0.0444. The van der Waals surface area contributed by atoms with Crippen molar-refractivity contribution in [2.24, 2.45) is 0 Å². The van der Waals surface area contributed by atoms with E-state index in [-0.39, 0.29) is 6.61 Å². The zero-order valence-corrected chi connectivity index (χ0v) is 9.70. The highest BCUT2D eigenvalue weighted by molar-refractivity contribution is 6.31. The number of anilines is 1. The van der Waals surface area contributed by atoms with Gasteiger partial charge in [0, 0.05) is 17.1 Å². The van der Waals surface area contributed by atoms with Crippen LogP contribution in [0.2, 0.25) is 5.02 Å². The van der Waals surface area contributed by atoms with Crippen LogP contribution < -0.4 is 5.73 Å². The first-order valence-electron chi connectivity index (χ1n) is 4.90. The summed E-state index contributed by atoms with van der Waals surface area (Å²) in [6, 6.07) is 4.54. The van der Waals surface area contributed by atoms with E-state index in [9.17, 15) is 4.79 Å². The zero-order valence-electron chi connectivity index (χ0n) is 8.94. The number of nitrogens with two attached hydrogens (primary N) is 1. The molecule has 0 radical (unpaired) electrons. The van der Waals surface area contributed by atoms with Gasteiger partial charge in [-0.1, -0.05) is 11.6 Å². The third-order valence-corrected chi connectivity index (χ3v) is 2.14. The molecule has 0 spiro atoms. The van der Waals surface area contributed by atoms with Gasteiger partial charge in [-0.2, -0.15) is 0 Å². The molecule has 0 heterocycles. The summed E-state index contributed by atoms with van der Waals surface area (Å²) in [5.74, 6) is -0.491. The number of benzene rings is 1. The zero-order chi connectivity index (χ0) is 12.1. The molecule has 1 aromatic rings. The summed E-state index contributed by atoms with van der Waals surface area (Å²) in [6.45, 7) is 1.80. The minimum Gasteiger partial charge on any atom is -0.462 e. The number of ether oxygens (including phenoxy) is 1. The molecule has 1 aromatic carbocycles. The number of carbonyl (C=O) groups excluding carboxylic acids is 1. The van der Waals surface area contributed by atoms with E-state index in [1.165, 1.54) is 12.1 Å². The molecule has 0 aliphatic heterocycles. The number of hydrogen-bond acceptors (Lipinski definition) is 4. The van der Waals surface area contributed by atoms with E-state index in [0.717, 1.165) is 0 Å². The van der Waals surface area contributed by atoms with Crippen LogP contribution in [0.15, 0.2) is 18.2 Å². The first-order valence-corrected chi connectivity index (χ1v) is 5.28. The first-order chi connectivity index (χ1) is 7.49. The van der Waals surface area contributed by atoms with E-state index in [0.29, 0.717) is 22.7 Å². The fraction of sp³-hybridized carbons (Fsp3) is 0.364. The lowest BCUT2D eigenvalue weighted by atomic mass is 10.2. The molecular weight excluding hydrogens is 230 g/mol. The monoisotopic (exact) mass is 243 g/mol. The Hall–Kier alpha value is -1.26. The molecule has 0 bridgehead atoms. The van der Waals surface area contributed by atoms with E-state index < -0.39 is 12.1 Å². The Kier molecular flexibility index (Phi) is 4.58. The molecule has 0 aliphatic rings. The van der Waals surface area contributed by atoms with Crippen LogP contribution in [0.5, 0.6) is 0 Å². The number of aliphatic hydroxyl groups is 1. The molecule has 0 saturated carbocycles. The average molecular weight is 244 g/mol. The van der Waals surface area contributed by atoms with Crippen molar-refractivity contribution in [1.82, 2.24) is 0 Å². The van der Waals surface area contributed by atoms with Gasteiger partial charge >= 0.3 is 5.97 Å². The summed E-state index contributed by atoms with van der Waals surface area (Å²) in [5.41, 5.74) is 6.27. The van der Waals surface area contributed by atoms with Gasteiger partial charge in [-0.25, -0.2) is 4.79 Å². The van der Waals surface area contributed by atoms with Crippen LogP contribution in [0.25, 0.3) is 0 Å². The molecular formula is C11H14ClNO3. The van der Waals surface area contributed by atoms with E-state index in [2.05, 4.69) is 0 Å². The summed E-state index contributed by atoms with van der Waals surface area (Å²) >= 11 is 5.75. The van der Waals surface area contributed by atoms with Crippen LogP contribution in [0.3, 0.4) is 0 Å². The Morgan fingerprint density at radius 3 is 2.81 bits per heavy atom. The number of aliphatic hydroxyl groups excluding tert-OH is 1. The van der Waals surface area contributed by atoms with E-state index in [1.807, 2.05) is 0 Å². The molecule has 0 aromatic heterocycles. The van der Waals surface area contributed by atoms with Gasteiger partial charge in [0.25, 0.3) is 0 Å². The molecule has 0 aliphatic carbocycles. The lowest BCUT2D eigenvalue weighted by Gasteiger charge is -2.07. The molecule has 5 heteroatoms. The number of halogens is 1. The van der Waals surface area contributed by atoms with Crippen molar-refractivity contribution >= 4 is 23.3 Å². The molecule has 0 fully saturated rings. The normalized spacial score (nSPS) is 12.2. The highest BCUT2D eigenvalue weighted by Gasteiger charge is 2.09. The summed E-state index contributed by atoms with van der Waals surface area (Å²) in [5, 5.41) is 9.38. The Morgan fingerprint density at radius 1 is 1.56 bits per heavy atom. The summed E-state index contributed by atoms with van der Waals surface area (Å²) in [6.07, 6.45) is -0.0841. The molecule has 1 unspecified atom stereocenters. The van der Waals surface area contributed by atoms with E-state index in [1.54, 1.807) is 13.0 Å². The molecule has 16 heavy (non-hydrogen) atoms. The predicted octanol–water partition coefficient (Wildman–Crippen LogP) is 1.85. The standard InChI is InChI=1S/C11H14ClNO3/c1-7(14)2-3-16-11(15)8-4-9(12)6-10(13)5-8/h4-7,14H,2-3,13H2,1H3. The van der Waals surface area contributed by atoms with Gasteiger partial charge in [0.15, 0.2) is 0 Å².